The highest BCUT2D eigenvalue weighted by atomic mass is 35.5. The molecular weight excluding hydrogens is 300 g/mol. The molecule has 3 rings (SSSR count). The number of amides is 1. The molecule has 6 heteroatoms. The van der Waals surface area contributed by atoms with Gasteiger partial charge in [0.25, 0.3) is 5.91 Å². The van der Waals surface area contributed by atoms with Crippen molar-refractivity contribution < 1.29 is 4.79 Å². The van der Waals surface area contributed by atoms with Gasteiger partial charge in [0.15, 0.2) is 0 Å². The number of aryl methyl sites for hydroxylation is 1. The normalized spacial score (nSPS) is 15.5. The first-order chi connectivity index (χ1) is 10.1. The zero-order valence-electron chi connectivity index (χ0n) is 12.6. The number of aromatic amines is 1. The Labute approximate surface area is 136 Å². The fourth-order valence-corrected chi connectivity index (χ4v) is 2.58. The van der Waals surface area contributed by atoms with E-state index in [1.807, 2.05) is 42.2 Å². The molecule has 0 unspecified atom stereocenters. The van der Waals surface area contributed by atoms with Crippen molar-refractivity contribution in [2.45, 2.75) is 25.8 Å². The summed E-state index contributed by atoms with van der Waals surface area (Å²) < 4.78 is 0. The number of nitrogens with one attached hydrogen (secondary N) is 1. The Morgan fingerprint density at radius 3 is 2.55 bits per heavy atom. The SMILES string of the molecule is Cc1ccc(-c2cc(C(=O)N3CCC(N)CC3)[nH]n2)cc1.Cl. The first-order valence-corrected chi connectivity index (χ1v) is 7.31. The molecule has 2 heterocycles. The summed E-state index contributed by atoms with van der Waals surface area (Å²) in [6.45, 7) is 3.49. The molecule has 1 aliphatic rings. The molecule has 2 aromatic rings. The van der Waals surface area contributed by atoms with Gasteiger partial charge in [-0.25, -0.2) is 0 Å². The minimum Gasteiger partial charge on any atom is -0.337 e. The van der Waals surface area contributed by atoms with Crippen LogP contribution in [0.3, 0.4) is 0 Å². The topological polar surface area (TPSA) is 75.0 Å². The van der Waals surface area contributed by atoms with Gasteiger partial charge in [0.2, 0.25) is 0 Å². The molecule has 0 saturated carbocycles. The lowest BCUT2D eigenvalue weighted by atomic mass is 10.1. The summed E-state index contributed by atoms with van der Waals surface area (Å²) in [5, 5.41) is 7.10. The second-order valence-electron chi connectivity index (χ2n) is 5.66. The Kier molecular flexibility index (Phi) is 5.21. The van der Waals surface area contributed by atoms with Gasteiger partial charge < -0.3 is 10.6 Å². The molecule has 5 nitrogen and oxygen atoms in total. The van der Waals surface area contributed by atoms with Gasteiger partial charge >= 0.3 is 0 Å². The molecule has 1 fully saturated rings. The summed E-state index contributed by atoms with van der Waals surface area (Å²) in [6.07, 6.45) is 1.73. The third-order valence-electron chi connectivity index (χ3n) is 3.98. The minimum absolute atomic E-state index is 0. The second-order valence-corrected chi connectivity index (χ2v) is 5.66. The number of rotatable bonds is 2. The van der Waals surface area contributed by atoms with Crippen molar-refractivity contribution in [2.24, 2.45) is 5.73 Å². The van der Waals surface area contributed by atoms with E-state index in [4.69, 9.17) is 5.73 Å². The molecule has 0 atom stereocenters. The number of piperidine rings is 1. The molecule has 22 heavy (non-hydrogen) atoms. The predicted molar refractivity (Wildman–Crippen MR) is 89.1 cm³/mol. The third-order valence-corrected chi connectivity index (χ3v) is 3.98. The van der Waals surface area contributed by atoms with E-state index in [1.165, 1.54) is 5.56 Å². The molecule has 0 bridgehead atoms. The minimum atomic E-state index is 0. The maximum atomic E-state index is 12.4. The van der Waals surface area contributed by atoms with Crippen LogP contribution in [0.4, 0.5) is 0 Å². The number of halogens is 1. The van der Waals surface area contributed by atoms with E-state index < -0.39 is 0 Å². The Morgan fingerprint density at radius 2 is 1.91 bits per heavy atom. The smallest absolute Gasteiger partial charge is 0.271 e. The van der Waals surface area contributed by atoms with E-state index >= 15 is 0 Å². The van der Waals surface area contributed by atoms with E-state index in [2.05, 4.69) is 10.2 Å². The van der Waals surface area contributed by atoms with Crippen LogP contribution in [0.15, 0.2) is 30.3 Å². The van der Waals surface area contributed by atoms with Crippen LogP contribution in [0.25, 0.3) is 11.3 Å². The van der Waals surface area contributed by atoms with Crippen LogP contribution >= 0.6 is 12.4 Å². The lowest BCUT2D eigenvalue weighted by Crippen LogP contribution is -2.42. The largest absolute Gasteiger partial charge is 0.337 e. The van der Waals surface area contributed by atoms with Crippen molar-refractivity contribution in [2.75, 3.05) is 13.1 Å². The van der Waals surface area contributed by atoms with Crippen LogP contribution in [-0.2, 0) is 0 Å². The fraction of sp³-hybridized carbons (Fsp3) is 0.375. The van der Waals surface area contributed by atoms with Gasteiger partial charge in [-0.15, -0.1) is 12.4 Å². The monoisotopic (exact) mass is 320 g/mol. The molecule has 0 aliphatic carbocycles. The molecule has 1 aromatic heterocycles. The summed E-state index contributed by atoms with van der Waals surface area (Å²) in [5.41, 5.74) is 9.43. The van der Waals surface area contributed by atoms with Crippen molar-refractivity contribution in [3.8, 4) is 11.3 Å². The van der Waals surface area contributed by atoms with Crippen LogP contribution in [-0.4, -0.2) is 40.1 Å². The molecule has 1 amide bonds. The number of H-pyrrole nitrogens is 1. The van der Waals surface area contributed by atoms with Gasteiger partial charge in [-0.3, -0.25) is 9.89 Å². The maximum absolute atomic E-state index is 12.4. The van der Waals surface area contributed by atoms with Crippen LogP contribution in [0, 0.1) is 6.92 Å². The number of hydrogen-bond donors (Lipinski definition) is 2. The molecule has 0 radical (unpaired) electrons. The first-order valence-electron chi connectivity index (χ1n) is 7.31. The molecule has 1 aliphatic heterocycles. The van der Waals surface area contributed by atoms with E-state index in [0.29, 0.717) is 5.69 Å². The molecular formula is C16H21ClN4O. The summed E-state index contributed by atoms with van der Waals surface area (Å²) in [5.74, 6) is 0.00719. The Hall–Kier alpha value is -1.85. The Bertz CT molecular complexity index is 630. The molecule has 3 N–H and O–H groups in total. The maximum Gasteiger partial charge on any atom is 0.271 e. The lowest BCUT2D eigenvalue weighted by molar-refractivity contribution is 0.0709. The highest BCUT2D eigenvalue weighted by Gasteiger charge is 2.23. The van der Waals surface area contributed by atoms with Gasteiger partial charge in [-0.05, 0) is 25.8 Å². The van der Waals surface area contributed by atoms with Crippen LogP contribution < -0.4 is 5.73 Å². The Balaban J connectivity index is 0.00000176. The van der Waals surface area contributed by atoms with Crippen molar-refractivity contribution >= 4 is 18.3 Å². The van der Waals surface area contributed by atoms with E-state index in [-0.39, 0.29) is 24.4 Å². The number of likely N-dealkylation sites (tertiary alicyclic amines) is 1. The van der Waals surface area contributed by atoms with E-state index in [9.17, 15) is 4.79 Å². The van der Waals surface area contributed by atoms with Gasteiger partial charge in [-0.1, -0.05) is 29.8 Å². The predicted octanol–water partition coefficient (Wildman–Crippen LogP) is 2.37. The second kappa shape index (κ2) is 6.94. The summed E-state index contributed by atoms with van der Waals surface area (Å²) in [6, 6.07) is 10.1. The number of nitrogens with two attached hydrogens (primary N) is 1. The molecule has 0 spiro atoms. The van der Waals surface area contributed by atoms with Crippen molar-refractivity contribution in [1.29, 1.82) is 0 Å². The quantitative estimate of drug-likeness (QED) is 0.892. The number of benzene rings is 1. The fourth-order valence-electron chi connectivity index (χ4n) is 2.58. The first kappa shape index (κ1) is 16.5. The van der Waals surface area contributed by atoms with E-state index in [1.54, 1.807) is 0 Å². The lowest BCUT2D eigenvalue weighted by Gasteiger charge is -2.29. The summed E-state index contributed by atoms with van der Waals surface area (Å²) >= 11 is 0. The highest BCUT2D eigenvalue weighted by molar-refractivity contribution is 5.93. The number of carbonyl (C=O) groups excluding carboxylic acids is 1. The third kappa shape index (κ3) is 3.48. The van der Waals surface area contributed by atoms with Crippen molar-refractivity contribution in [3.05, 3.63) is 41.6 Å². The van der Waals surface area contributed by atoms with Crippen LogP contribution in [0.1, 0.15) is 28.9 Å². The van der Waals surface area contributed by atoms with Gasteiger partial charge in [-0.2, -0.15) is 5.10 Å². The number of hydrogen-bond acceptors (Lipinski definition) is 3. The molecule has 118 valence electrons. The van der Waals surface area contributed by atoms with E-state index in [0.717, 1.165) is 37.2 Å². The highest BCUT2D eigenvalue weighted by Crippen LogP contribution is 2.19. The zero-order chi connectivity index (χ0) is 14.8. The zero-order valence-corrected chi connectivity index (χ0v) is 13.4. The molecule has 1 aromatic carbocycles. The van der Waals surface area contributed by atoms with Gasteiger partial charge in [0, 0.05) is 24.7 Å². The summed E-state index contributed by atoms with van der Waals surface area (Å²) in [7, 11) is 0. The average Bonchev–Trinajstić information content (AvgIpc) is 2.98. The number of aromatic nitrogens is 2. The van der Waals surface area contributed by atoms with Gasteiger partial charge in [0.1, 0.15) is 5.69 Å². The molecule has 1 saturated heterocycles. The number of nitrogens with zero attached hydrogens (tertiary/aromatic N) is 2. The average molecular weight is 321 g/mol. The standard InChI is InChI=1S/C16H20N4O.ClH/c1-11-2-4-12(5-3-11)14-10-15(19-18-14)16(21)20-8-6-13(17)7-9-20;/h2-5,10,13H,6-9,17H2,1H3,(H,18,19);1H. The summed E-state index contributed by atoms with van der Waals surface area (Å²) in [4.78, 5) is 14.3. The van der Waals surface area contributed by atoms with Crippen LogP contribution in [0.2, 0.25) is 0 Å². The van der Waals surface area contributed by atoms with Crippen LogP contribution in [0.5, 0.6) is 0 Å². The number of carbonyl (C=O) groups is 1. The van der Waals surface area contributed by atoms with Crippen molar-refractivity contribution in [1.82, 2.24) is 15.1 Å². The van der Waals surface area contributed by atoms with Crippen molar-refractivity contribution in [3.63, 3.8) is 0 Å². The van der Waals surface area contributed by atoms with Gasteiger partial charge in [0.05, 0.1) is 5.69 Å². The Morgan fingerprint density at radius 1 is 1.27 bits per heavy atom.